The lowest BCUT2D eigenvalue weighted by Crippen LogP contribution is -2.49. The summed E-state index contributed by atoms with van der Waals surface area (Å²) in [6.45, 7) is 3.96. The molecule has 3 rings (SSSR count). The van der Waals surface area contributed by atoms with Crippen molar-refractivity contribution < 1.29 is 14.3 Å². The van der Waals surface area contributed by atoms with E-state index in [0.717, 1.165) is 19.6 Å². The van der Waals surface area contributed by atoms with E-state index < -0.39 is 5.97 Å². The summed E-state index contributed by atoms with van der Waals surface area (Å²) in [5.41, 5.74) is 1.83. The van der Waals surface area contributed by atoms with Crippen LogP contribution in [0.4, 0.5) is 10.5 Å². The predicted molar refractivity (Wildman–Crippen MR) is 95.8 cm³/mol. The van der Waals surface area contributed by atoms with Gasteiger partial charge in [0.25, 0.3) is 0 Å². The Labute approximate surface area is 148 Å². The quantitative estimate of drug-likeness (QED) is 0.846. The topological polar surface area (TPSA) is 61.9 Å². The number of amides is 2. The fourth-order valence-electron chi connectivity index (χ4n) is 2.60. The summed E-state index contributed by atoms with van der Waals surface area (Å²) in [5.74, 6) is -0.430. The maximum absolute atomic E-state index is 12.4. The average Bonchev–Trinajstić information content (AvgIpc) is 3.26. The first-order chi connectivity index (χ1) is 11.7. The SMILES string of the molecule is COC(=O)c1sccc1NC(=O)N1CCN(Cc2ccsc2)CC1. The minimum Gasteiger partial charge on any atom is -0.465 e. The van der Waals surface area contributed by atoms with Gasteiger partial charge in [0.2, 0.25) is 0 Å². The smallest absolute Gasteiger partial charge is 0.350 e. The molecular formula is C16H19N3O3S2. The predicted octanol–water partition coefficient (Wildman–Crippen LogP) is 2.95. The molecule has 1 N–H and O–H groups in total. The Morgan fingerprint density at radius 3 is 2.67 bits per heavy atom. The number of esters is 1. The summed E-state index contributed by atoms with van der Waals surface area (Å²) >= 11 is 2.96. The van der Waals surface area contributed by atoms with E-state index in [1.165, 1.54) is 24.0 Å². The van der Waals surface area contributed by atoms with Crippen LogP contribution in [0.25, 0.3) is 0 Å². The van der Waals surface area contributed by atoms with Gasteiger partial charge in [-0.25, -0.2) is 9.59 Å². The van der Waals surface area contributed by atoms with Crippen LogP contribution in [-0.2, 0) is 11.3 Å². The molecule has 0 aliphatic carbocycles. The van der Waals surface area contributed by atoms with Gasteiger partial charge in [-0.2, -0.15) is 11.3 Å². The number of hydrogen-bond donors (Lipinski definition) is 1. The van der Waals surface area contributed by atoms with Crippen molar-refractivity contribution in [2.45, 2.75) is 6.54 Å². The third-order valence-electron chi connectivity index (χ3n) is 3.92. The minimum atomic E-state index is -0.430. The van der Waals surface area contributed by atoms with E-state index in [1.807, 2.05) is 0 Å². The molecule has 3 heterocycles. The molecule has 0 atom stereocenters. The zero-order valence-corrected chi connectivity index (χ0v) is 15.0. The Morgan fingerprint density at radius 1 is 1.21 bits per heavy atom. The molecule has 1 saturated heterocycles. The zero-order valence-electron chi connectivity index (χ0n) is 13.4. The van der Waals surface area contributed by atoms with Crippen LogP contribution in [0.3, 0.4) is 0 Å². The average molecular weight is 365 g/mol. The van der Waals surface area contributed by atoms with Crippen molar-refractivity contribution in [3.63, 3.8) is 0 Å². The molecular weight excluding hydrogens is 346 g/mol. The maximum atomic E-state index is 12.4. The third kappa shape index (κ3) is 3.95. The molecule has 0 bridgehead atoms. The van der Waals surface area contributed by atoms with Crippen LogP contribution in [-0.4, -0.2) is 55.1 Å². The molecule has 1 aliphatic rings. The second kappa shape index (κ2) is 7.78. The highest BCUT2D eigenvalue weighted by atomic mass is 32.1. The van der Waals surface area contributed by atoms with E-state index in [-0.39, 0.29) is 6.03 Å². The molecule has 1 fully saturated rings. The highest BCUT2D eigenvalue weighted by Crippen LogP contribution is 2.23. The maximum Gasteiger partial charge on any atom is 0.350 e. The van der Waals surface area contributed by atoms with Crippen molar-refractivity contribution >= 4 is 40.4 Å². The highest BCUT2D eigenvalue weighted by molar-refractivity contribution is 7.12. The number of piperazine rings is 1. The molecule has 6 nitrogen and oxygen atoms in total. The number of thiophene rings is 2. The lowest BCUT2D eigenvalue weighted by Gasteiger charge is -2.34. The Balaban J connectivity index is 1.52. The molecule has 1 aliphatic heterocycles. The second-order valence-electron chi connectivity index (χ2n) is 5.48. The monoisotopic (exact) mass is 365 g/mol. The summed E-state index contributed by atoms with van der Waals surface area (Å²) in [7, 11) is 1.33. The summed E-state index contributed by atoms with van der Waals surface area (Å²) in [5, 5.41) is 8.82. The number of nitrogens with one attached hydrogen (secondary N) is 1. The number of methoxy groups -OCH3 is 1. The van der Waals surface area contributed by atoms with Crippen LogP contribution in [0.2, 0.25) is 0 Å². The molecule has 2 amide bonds. The number of carbonyl (C=O) groups is 2. The van der Waals surface area contributed by atoms with Crippen molar-refractivity contribution in [3.05, 3.63) is 38.7 Å². The van der Waals surface area contributed by atoms with Gasteiger partial charge in [0.15, 0.2) is 0 Å². The van der Waals surface area contributed by atoms with E-state index >= 15 is 0 Å². The minimum absolute atomic E-state index is 0.172. The van der Waals surface area contributed by atoms with Crippen molar-refractivity contribution in [1.82, 2.24) is 9.80 Å². The van der Waals surface area contributed by atoms with Gasteiger partial charge in [0.1, 0.15) is 4.88 Å². The number of carbonyl (C=O) groups excluding carboxylic acids is 2. The summed E-state index contributed by atoms with van der Waals surface area (Å²) in [6.07, 6.45) is 0. The molecule has 0 aromatic carbocycles. The van der Waals surface area contributed by atoms with Crippen molar-refractivity contribution in [1.29, 1.82) is 0 Å². The third-order valence-corrected chi connectivity index (χ3v) is 5.55. The van der Waals surface area contributed by atoms with E-state index in [9.17, 15) is 9.59 Å². The van der Waals surface area contributed by atoms with Gasteiger partial charge in [-0.3, -0.25) is 4.90 Å². The first kappa shape index (κ1) is 16.9. The van der Waals surface area contributed by atoms with Crippen molar-refractivity contribution in [3.8, 4) is 0 Å². The van der Waals surface area contributed by atoms with Gasteiger partial charge in [0.05, 0.1) is 12.8 Å². The summed E-state index contributed by atoms with van der Waals surface area (Å²) < 4.78 is 4.73. The molecule has 2 aromatic rings. The normalized spacial score (nSPS) is 15.3. The lowest BCUT2D eigenvalue weighted by atomic mass is 10.2. The van der Waals surface area contributed by atoms with Gasteiger partial charge in [-0.1, -0.05) is 0 Å². The Bertz CT molecular complexity index is 691. The van der Waals surface area contributed by atoms with Crippen molar-refractivity contribution in [2.75, 3.05) is 38.6 Å². The van der Waals surface area contributed by atoms with Crippen LogP contribution in [0.5, 0.6) is 0 Å². The van der Waals surface area contributed by atoms with Gasteiger partial charge in [-0.05, 0) is 33.8 Å². The van der Waals surface area contributed by atoms with Crippen LogP contribution >= 0.6 is 22.7 Å². The zero-order chi connectivity index (χ0) is 16.9. The second-order valence-corrected chi connectivity index (χ2v) is 7.18. The van der Waals surface area contributed by atoms with E-state index in [2.05, 4.69) is 27.0 Å². The molecule has 8 heteroatoms. The lowest BCUT2D eigenvalue weighted by molar-refractivity contribution is 0.0607. The number of hydrogen-bond acceptors (Lipinski definition) is 6. The number of rotatable bonds is 4. The first-order valence-electron chi connectivity index (χ1n) is 7.62. The van der Waals surface area contributed by atoms with Gasteiger partial charge in [0, 0.05) is 32.7 Å². The van der Waals surface area contributed by atoms with E-state index in [4.69, 9.17) is 4.74 Å². The van der Waals surface area contributed by atoms with Crippen LogP contribution in [0.15, 0.2) is 28.3 Å². The van der Waals surface area contributed by atoms with Crippen LogP contribution < -0.4 is 5.32 Å². The number of urea groups is 1. The largest absolute Gasteiger partial charge is 0.465 e. The number of ether oxygens (including phenoxy) is 1. The van der Waals surface area contributed by atoms with Crippen molar-refractivity contribution in [2.24, 2.45) is 0 Å². The van der Waals surface area contributed by atoms with E-state index in [0.29, 0.717) is 23.7 Å². The van der Waals surface area contributed by atoms with Gasteiger partial charge >= 0.3 is 12.0 Å². The summed E-state index contributed by atoms with van der Waals surface area (Å²) in [6, 6.07) is 3.68. The molecule has 0 radical (unpaired) electrons. The summed E-state index contributed by atoms with van der Waals surface area (Å²) in [4.78, 5) is 28.6. The number of anilines is 1. The van der Waals surface area contributed by atoms with E-state index in [1.54, 1.807) is 27.7 Å². The van der Waals surface area contributed by atoms with Crippen LogP contribution in [0.1, 0.15) is 15.2 Å². The first-order valence-corrected chi connectivity index (χ1v) is 9.45. The standard InChI is InChI=1S/C16H19N3O3S2/c1-22-15(20)14-13(3-9-24-14)17-16(21)19-6-4-18(5-7-19)10-12-2-8-23-11-12/h2-3,8-9,11H,4-7,10H2,1H3,(H,17,21). The molecule has 128 valence electrons. The van der Waals surface area contributed by atoms with Gasteiger partial charge in [-0.15, -0.1) is 11.3 Å². The fourth-order valence-corrected chi connectivity index (χ4v) is 4.03. The number of nitrogens with zero attached hydrogens (tertiary/aromatic N) is 2. The molecule has 2 aromatic heterocycles. The molecule has 0 saturated carbocycles. The van der Waals surface area contributed by atoms with Crippen LogP contribution in [0, 0.1) is 0 Å². The Kier molecular flexibility index (Phi) is 5.49. The molecule has 24 heavy (non-hydrogen) atoms. The Hall–Kier alpha value is -1.90. The van der Waals surface area contributed by atoms with Gasteiger partial charge < -0.3 is 15.0 Å². The Morgan fingerprint density at radius 2 is 2.00 bits per heavy atom. The molecule has 0 spiro atoms. The fraction of sp³-hybridized carbons (Fsp3) is 0.375. The molecule has 0 unspecified atom stereocenters. The highest BCUT2D eigenvalue weighted by Gasteiger charge is 2.23.